The van der Waals surface area contributed by atoms with E-state index >= 15 is 0 Å². The molecule has 0 bridgehead atoms. The topological polar surface area (TPSA) is 102 Å². The fraction of sp³-hybridized carbons (Fsp3) is 0.391. The minimum atomic E-state index is -0.930. The molecule has 0 saturated heterocycles. The first-order valence-electron chi connectivity index (χ1n) is 9.87. The Labute approximate surface area is 192 Å². The van der Waals surface area contributed by atoms with Crippen LogP contribution in [0.15, 0.2) is 41.3 Å². The summed E-state index contributed by atoms with van der Waals surface area (Å²) in [4.78, 5) is 26.3. The first kappa shape index (κ1) is 25.0. The van der Waals surface area contributed by atoms with Crippen LogP contribution in [0, 0.1) is 0 Å². The number of carbonyl (C=O) groups excluding carboxylic acids is 1. The van der Waals surface area contributed by atoms with Crippen molar-refractivity contribution in [3.63, 3.8) is 0 Å². The van der Waals surface area contributed by atoms with Crippen molar-refractivity contribution < 1.29 is 19.4 Å². The summed E-state index contributed by atoms with van der Waals surface area (Å²) in [6, 6.07) is 10.8. The van der Waals surface area contributed by atoms with E-state index in [9.17, 15) is 9.59 Å². The molecule has 0 aliphatic carbocycles. The third-order valence-electron chi connectivity index (χ3n) is 4.83. The fourth-order valence-corrected chi connectivity index (χ4v) is 4.78. The van der Waals surface area contributed by atoms with Gasteiger partial charge in [-0.1, -0.05) is 29.8 Å². The Morgan fingerprint density at radius 3 is 2.35 bits per heavy atom. The number of fused-ring (bicyclic) bond motifs is 1. The molecule has 2 aromatic rings. The largest absolute Gasteiger partial charge is 0.478 e. The number of rotatable bonds is 4. The van der Waals surface area contributed by atoms with Crippen LogP contribution in [0.5, 0.6) is 0 Å². The number of carbonyl (C=O) groups is 2. The summed E-state index contributed by atoms with van der Waals surface area (Å²) in [6.07, 6.45) is 1.19. The predicted molar refractivity (Wildman–Crippen MR) is 125 cm³/mol. The number of amides is 1. The van der Waals surface area contributed by atoms with Crippen molar-refractivity contribution >= 4 is 35.4 Å². The zero-order chi connectivity index (χ0) is 21.9. The monoisotopic (exact) mass is 464 g/mol. The number of hydrogen-bond donors (Lipinski definition) is 2. The van der Waals surface area contributed by atoms with Gasteiger partial charge in [0.2, 0.25) is 0 Å². The highest BCUT2D eigenvalue weighted by Gasteiger charge is 2.25. The van der Waals surface area contributed by atoms with Gasteiger partial charge in [-0.2, -0.15) is 0 Å². The van der Waals surface area contributed by atoms with Gasteiger partial charge in [0.15, 0.2) is 0 Å². The fourth-order valence-electron chi connectivity index (χ4n) is 3.33. The van der Waals surface area contributed by atoms with Gasteiger partial charge < -0.3 is 20.9 Å². The van der Waals surface area contributed by atoms with Gasteiger partial charge in [0, 0.05) is 23.7 Å². The van der Waals surface area contributed by atoms with Gasteiger partial charge in [-0.15, -0.1) is 11.8 Å². The average Bonchev–Trinajstić information content (AvgIpc) is 2.89. The highest BCUT2D eigenvalue weighted by Crippen LogP contribution is 2.36. The summed E-state index contributed by atoms with van der Waals surface area (Å²) in [5.41, 5.74) is 3.17. The van der Waals surface area contributed by atoms with E-state index in [1.54, 1.807) is 28.8 Å². The minimum absolute atomic E-state index is 0. The lowest BCUT2D eigenvalue weighted by molar-refractivity contribution is 0.0258. The van der Waals surface area contributed by atoms with Crippen LogP contribution in [0.4, 0.5) is 4.79 Å². The third-order valence-corrected chi connectivity index (χ3v) is 6.49. The lowest BCUT2D eigenvalue weighted by atomic mass is 10.0. The SMILES string of the molecule is CC(C)(C)OC(=O)N1CCc2ccc(Cl)c(SCc3ccc(C(=O)O)cc3)c2CC1.N. The Morgan fingerprint density at radius 1 is 1.10 bits per heavy atom. The first-order chi connectivity index (χ1) is 14.1. The Kier molecular flexibility index (Phi) is 8.40. The number of carboxylic acids is 1. The Hall–Kier alpha value is -2.22. The van der Waals surface area contributed by atoms with E-state index in [-0.39, 0.29) is 17.8 Å². The van der Waals surface area contributed by atoms with E-state index in [0.717, 1.165) is 23.3 Å². The molecule has 2 aromatic carbocycles. The van der Waals surface area contributed by atoms with Crippen LogP contribution in [-0.4, -0.2) is 40.8 Å². The molecule has 0 radical (unpaired) electrons. The molecule has 0 unspecified atom stereocenters. The summed E-state index contributed by atoms with van der Waals surface area (Å²) >= 11 is 8.17. The van der Waals surface area contributed by atoms with Crippen LogP contribution in [0.3, 0.4) is 0 Å². The molecule has 0 aromatic heterocycles. The van der Waals surface area contributed by atoms with Crippen molar-refractivity contribution in [1.82, 2.24) is 11.1 Å². The minimum Gasteiger partial charge on any atom is -0.478 e. The molecule has 6 nitrogen and oxygen atoms in total. The van der Waals surface area contributed by atoms with Gasteiger partial charge in [-0.3, -0.25) is 0 Å². The van der Waals surface area contributed by atoms with Gasteiger partial charge in [0.1, 0.15) is 5.60 Å². The Balaban J connectivity index is 0.00000341. The van der Waals surface area contributed by atoms with E-state index in [2.05, 4.69) is 0 Å². The summed E-state index contributed by atoms with van der Waals surface area (Å²) in [5, 5.41) is 9.74. The predicted octanol–water partition coefficient (Wildman–Crippen LogP) is 5.83. The second-order valence-electron chi connectivity index (χ2n) is 8.27. The number of thioether (sulfide) groups is 1. The van der Waals surface area contributed by atoms with Gasteiger partial charge in [0.05, 0.1) is 10.6 Å². The average molecular weight is 465 g/mol. The molecule has 31 heavy (non-hydrogen) atoms. The van der Waals surface area contributed by atoms with E-state index in [1.807, 2.05) is 45.0 Å². The summed E-state index contributed by atoms with van der Waals surface area (Å²) < 4.78 is 5.53. The maximum Gasteiger partial charge on any atom is 0.410 e. The van der Waals surface area contributed by atoms with Crippen LogP contribution >= 0.6 is 23.4 Å². The number of benzene rings is 2. The molecule has 8 heteroatoms. The van der Waals surface area contributed by atoms with Crippen molar-refractivity contribution in [3.05, 3.63) is 63.7 Å². The van der Waals surface area contributed by atoms with E-state index in [0.29, 0.717) is 23.9 Å². The third kappa shape index (κ3) is 6.63. The number of hydrogen-bond acceptors (Lipinski definition) is 5. The first-order valence-corrected chi connectivity index (χ1v) is 11.2. The van der Waals surface area contributed by atoms with Crippen LogP contribution in [-0.2, 0) is 23.3 Å². The molecular formula is C23H29ClN2O4S. The van der Waals surface area contributed by atoms with Crippen LogP contribution < -0.4 is 6.15 Å². The molecule has 1 heterocycles. The molecule has 4 N–H and O–H groups in total. The van der Waals surface area contributed by atoms with E-state index < -0.39 is 11.6 Å². The maximum absolute atomic E-state index is 12.5. The standard InChI is InChI=1S/C23H26ClNO4S.H3N/c1-23(2,3)29-22(28)25-12-10-16-8-9-19(24)20(18(16)11-13-25)30-14-15-4-6-17(7-5-15)21(26)27;/h4-9H,10-14H2,1-3H3,(H,26,27);1H3. The zero-order valence-electron chi connectivity index (χ0n) is 18.1. The van der Waals surface area contributed by atoms with Gasteiger partial charge in [-0.05, 0) is 68.5 Å². The lowest BCUT2D eigenvalue weighted by Crippen LogP contribution is -2.38. The van der Waals surface area contributed by atoms with Crippen molar-refractivity contribution in [1.29, 1.82) is 0 Å². The van der Waals surface area contributed by atoms with Gasteiger partial charge in [-0.25, -0.2) is 9.59 Å². The normalized spacial score (nSPS) is 13.6. The summed E-state index contributed by atoms with van der Waals surface area (Å²) in [7, 11) is 0. The molecular weight excluding hydrogens is 436 g/mol. The summed E-state index contributed by atoms with van der Waals surface area (Å²) in [6.45, 7) is 6.81. The van der Waals surface area contributed by atoms with Gasteiger partial charge in [0.25, 0.3) is 0 Å². The highest BCUT2D eigenvalue weighted by molar-refractivity contribution is 7.98. The van der Waals surface area contributed by atoms with Crippen molar-refractivity contribution in [3.8, 4) is 0 Å². The molecule has 1 aliphatic heterocycles. The maximum atomic E-state index is 12.5. The number of halogens is 1. The second-order valence-corrected chi connectivity index (χ2v) is 9.67. The molecule has 1 amide bonds. The summed E-state index contributed by atoms with van der Waals surface area (Å²) in [5.74, 6) is -0.244. The molecule has 0 atom stereocenters. The van der Waals surface area contributed by atoms with Crippen LogP contribution in [0.1, 0.15) is 47.8 Å². The van der Waals surface area contributed by atoms with Crippen molar-refractivity contribution in [2.24, 2.45) is 0 Å². The smallest absolute Gasteiger partial charge is 0.410 e. The Bertz CT molecular complexity index is 942. The van der Waals surface area contributed by atoms with Crippen molar-refractivity contribution in [2.45, 2.75) is 49.9 Å². The van der Waals surface area contributed by atoms with Crippen LogP contribution in [0.25, 0.3) is 0 Å². The van der Waals surface area contributed by atoms with Crippen LogP contribution in [0.2, 0.25) is 5.02 Å². The number of ether oxygens (including phenoxy) is 1. The second kappa shape index (κ2) is 10.4. The lowest BCUT2D eigenvalue weighted by Gasteiger charge is -2.26. The molecule has 1 aliphatic rings. The quantitative estimate of drug-likeness (QED) is 0.552. The van der Waals surface area contributed by atoms with E-state index in [4.69, 9.17) is 21.4 Å². The number of nitrogens with zero attached hydrogens (tertiary/aromatic N) is 1. The van der Waals surface area contributed by atoms with Crippen molar-refractivity contribution in [2.75, 3.05) is 13.1 Å². The number of carboxylic acid groups (broad SMARTS) is 1. The highest BCUT2D eigenvalue weighted by atomic mass is 35.5. The van der Waals surface area contributed by atoms with Gasteiger partial charge >= 0.3 is 12.1 Å². The number of aromatic carboxylic acids is 1. The Morgan fingerprint density at radius 2 is 1.74 bits per heavy atom. The zero-order valence-corrected chi connectivity index (χ0v) is 19.7. The molecule has 3 rings (SSSR count). The molecule has 168 valence electrons. The molecule has 0 fully saturated rings. The molecule has 0 spiro atoms. The molecule has 0 saturated carbocycles. The van der Waals surface area contributed by atoms with E-state index in [1.165, 1.54) is 11.1 Å².